The molecule has 5 heteroatoms. The smallest absolute Gasteiger partial charge is 0.342 e. The van der Waals surface area contributed by atoms with E-state index in [1.165, 1.54) is 7.11 Å². The maximum Gasteiger partial charge on any atom is 0.342 e. The van der Waals surface area contributed by atoms with Crippen molar-refractivity contribution >= 4 is 12.0 Å². The van der Waals surface area contributed by atoms with Crippen LogP contribution in [0.4, 0.5) is 0 Å². The quantitative estimate of drug-likeness (QED) is 0.487. The van der Waals surface area contributed by atoms with Crippen molar-refractivity contribution in [2.75, 3.05) is 20.5 Å². The SMILES string of the molecule is C=Cc1ccc(COCC(C)C)c(C(=O)OC(C)(C)C)c1OCOC. The lowest BCUT2D eigenvalue weighted by atomic mass is 10.0. The number of hydrogen-bond acceptors (Lipinski definition) is 5. The summed E-state index contributed by atoms with van der Waals surface area (Å²) in [6, 6.07) is 3.69. The van der Waals surface area contributed by atoms with Gasteiger partial charge in [0.2, 0.25) is 0 Å². The molecule has 25 heavy (non-hydrogen) atoms. The Morgan fingerprint density at radius 2 is 1.96 bits per heavy atom. The second kappa shape index (κ2) is 9.59. The number of hydrogen-bond donors (Lipinski definition) is 0. The van der Waals surface area contributed by atoms with Gasteiger partial charge in [0.05, 0.1) is 6.61 Å². The zero-order valence-corrected chi connectivity index (χ0v) is 16.2. The number of methoxy groups -OCH3 is 1. The molecule has 0 fully saturated rings. The van der Waals surface area contributed by atoms with Gasteiger partial charge < -0.3 is 18.9 Å². The molecule has 140 valence electrons. The van der Waals surface area contributed by atoms with E-state index in [4.69, 9.17) is 18.9 Å². The monoisotopic (exact) mass is 350 g/mol. The molecule has 5 nitrogen and oxygen atoms in total. The lowest BCUT2D eigenvalue weighted by Crippen LogP contribution is -2.25. The van der Waals surface area contributed by atoms with Gasteiger partial charge in [0.15, 0.2) is 6.79 Å². The largest absolute Gasteiger partial charge is 0.466 e. The van der Waals surface area contributed by atoms with Gasteiger partial charge in [-0.05, 0) is 32.3 Å². The van der Waals surface area contributed by atoms with Gasteiger partial charge >= 0.3 is 5.97 Å². The highest BCUT2D eigenvalue weighted by Crippen LogP contribution is 2.31. The molecular weight excluding hydrogens is 320 g/mol. The molecule has 0 heterocycles. The average molecular weight is 350 g/mol. The van der Waals surface area contributed by atoms with Crippen LogP contribution in [-0.2, 0) is 20.8 Å². The van der Waals surface area contributed by atoms with Gasteiger partial charge in [0.1, 0.15) is 16.9 Å². The van der Waals surface area contributed by atoms with E-state index in [1.54, 1.807) is 6.08 Å². The Labute approximate surface area is 150 Å². The molecule has 1 aromatic carbocycles. The number of carbonyl (C=O) groups excluding carboxylic acids is 1. The highest BCUT2D eigenvalue weighted by Gasteiger charge is 2.26. The van der Waals surface area contributed by atoms with Gasteiger partial charge in [-0.3, -0.25) is 0 Å². The van der Waals surface area contributed by atoms with Crippen LogP contribution in [0.2, 0.25) is 0 Å². The summed E-state index contributed by atoms with van der Waals surface area (Å²) in [5, 5.41) is 0. The molecule has 1 aromatic rings. The minimum Gasteiger partial charge on any atom is -0.466 e. The second-order valence-electron chi connectivity index (χ2n) is 7.18. The molecule has 0 atom stereocenters. The van der Waals surface area contributed by atoms with Crippen LogP contribution < -0.4 is 4.74 Å². The molecule has 0 saturated carbocycles. The van der Waals surface area contributed by atoms with Crippen LogP contribution in [0.25, 0.3) is 6.08 Å². The van der Waals surface area contributed by atoms with Crippen LogP contribution in [0, 0.1) is 5.92 Å². The normalized spacial score (nSPS) is 11.5. The standard InChI is InChI=1S/C20H30O5/c1-8-15-9-10-16(12-23-11-14(2)3)17(18(15)24-13-22-7)19(21)25-20(4,5)6/h8-10,14H,1,11-13H2,2-7H3. The lowest BCUT2D eigenvalue weighted by molar-refractivity contribution is 0.00489. The molecule has 0 aromatic heterocycles. The molecule has 1 rings (SSSR count). The predicted octanol–water partition coefficient (Wildman–Crippen LogP) is 4.44. The molecule has 0 aliphatic carbocycles. The summed E-state index contributed by atoms with van der Waals surface area (Å²) in [4.78, 5) is 12.8. The molecule has 0 bridgehead atoms. The summed E-state index contributed by atoms with van der Waals surface area (Å²) >= 11 is 0. The topological polar surface area (TPSA) is 54.0 Å². The molecule has 0 N–H and O–H groups in total. The molecule has 0 radical (unpaired) electrons. The third-order valence-corrected chi connectivity index (χ3v) is 3.13. The van der Waals surface area contributed by atoms with E-state index in [9.17, 15) is 4.79 Å². The molecule has 0 unspecified atom stereocenters. The Bertz CT molecular complexity index is 584. The van der Waals surface area contributed by atoms with Crippen molar-refractivity contribution < 1.29 is 23.7 Å². The maximum atomic E-state index is 12.8. The Kier molecular flexibility index (Phi) is 8.13. The van der Waals surface area contributed by atoms with E-state index in [-0.39, 0.29) is 6.79 Å². The van der Waals surface area contributed by atoms with Crippen molar-refractivity contribution in [2.24, 2.45) is 5.92 Å². The van der Waals surface area contributed by atoms with Crippen LogP contribution in [0.3, 0.4) is 0 Å². The van der Waals surface area contributed by atoms with Gasteiger partial charge in [-0.15, -0.1) is 0 Å². The summed E-state index contributed by atoms with van der Waals surface area (Å²) in [5.41, 5.74) is 1.15. The zero-order chi connectivity index (χ0) is 19.0. The Hall–Kier alpha value is -1.85. The van der Waals surface area contributed by atoms with Crippen LogP contribution in [0.1, 0.15) is 56.1 Å². The molecular formula is C20H30O5. The molecule has 0 aliphatic rings. The van der Waals surface area contributed by atoms with Crippen molar-refractivity contribution in [3.63, 3.8) is 0 Å². The summed E-state index contributed by atoms with van der Waals surface area (Å²) in [5.74, 6) is 0.351. The molecule has 0 amide bonds. The molecule has 0 spiro atoms. The fraction of sp³-hybridized carbons (Fsp3) is 0.550. The van der Waals surface area contributed by atoms with Crippen molar-refractivity contribution in [3.8, 4) is 5.75 Å². The van der Waals surface area contributed by atoms with Crippen molar-refractivity contribution in [2.45, 2.75) is 46.8 Å². The van der Waals surface area contributed by atoms with E-state index >= 15 is 0 Å². The maximum absolute atomic E-state index is 12.8. The van der Waals surface area contributed by atoms with Crippen LogP contribution in [0.15, 0.2) is 18.7 Å². The third kappa shape index (κ3) is 6.88. The first-order valence-electron chi connectivity index (χ1n) is 8.40. The van der Waals surface area contributed by atoms with Crippen LogP contribution >= 0.6 is 0 Å². The van der Waals surface area contributed by atoms with Crippen molar-refractivity contribution in [3.05, 3.63) is 35.4 Å². The highest BCUT2D eigenvalue weighted by molar-refractivity contribution is 5.96. The highest BCUT2D eigenvalue weighted by atomic mass is 16.7. The van der Waals surface area contributed by atoms with E-state index in [0.29, 0.717) is 41.6 Å². The molecule has 0 aliphatic heterocycles. The fourth-order valence-corrected chi connectivity index (χ4v) is 2.15. The Morgan fingerprint density at radius 1 is 1.28 bits per heavy atom. The van der Waals surface area contributed by atoms with Crippen LogP contribution in [0.5, 0.6) is 5.75 Å². The average Bonchev–Trinajstić information content (AvgIpc) is 2.50. The predicted molar refractivity (Wildman–Crippen MR) is 98.7 cm³/mol. The number of rotatable bonds is 9. The summed E-state index contributed by atoms with van der Waals surface area (Å²) in [7, 11) is 1.52. The van der Waals surface area contributed by atoms with Crippen LogP contribution in [-0.4, -0.2) is 32.1 Å². The Morgan fingerprint density at radius 3 is 2.48 bits per heavy atom. The zero-order valence-electron chi connectivity index (χ0n) is 16.2. The molecule has 0 saturated heterocycles. The summed E-state index contributed by atoms with van der Waals surface area (Å²) in [6.07, 6.45) is 1.64. The van der Waals surface area contributed by atoms with E-state index in [0.717, 1.165) is 0 Å². The van der Waals surface area contributed by atoms with Gasteiger partial charge in [-0.25, -0.2) is 4.79 Å². The first-order chi connectivity index (χ1) is 11.7. The van der Waals surface area contributed by atoms with Gasteiger partial charge in [0, 0.05) is 19.3 Å². The van der Waals surface area contributed by atoms with E-state index < -0.39 is 11.6 Å². The van der Waals surface area contributed by atoms with Gasteiger partial charge in [-0.2, -0.15) is 0 Å². The summed E-state index contributed by atoms with van der Waals surface area (Å²) < 4.78 is 21.9. The number of benzene rings is 1. The first-order valence-corrected chi connectivity index (χ1v) is 8.40. The number of ether oxygens (including phenoxy) is 4. The van der Waals surface area contributed by atoms with Gasteiger partial charge in [0.25, 0.3) is 0 Å². The second-order valence-corrected chi connectivity index (χ2v) is 7.18. The Balaban J connectivity index is 3.29. The third-order valence-electron chi connectivity index (χ3n) is 3.13. The fourth-order valence-electron chi connectivity index (χ4n) is 2.15. The first kappa shape index (κ1) is 21.2. The minimum absolute atomic E-state index is 0.0208. The van der Waals surface area contributed by atoms with E-state index in [2.05, 4.69) is 20.4 Å². The number of carbonyl (C=O) groups is 1. The number of esters is 1. The van der Waals surface area contributed by atoms with Crippen molar-refractivity contribution in [1.29, 1.82) is 0 Å². The van der Waals surface area contributed by atoms with E-state index in [1.807, 2.05) is 32.9 Å². The lowest BCUT2D eigenvalue weighted by Gasteiger charge is -2.23. The van der Waals surface area contributed by atoms with Gasteiger partial charge in [-0.1, -0.05) is 38.6 Å². The van der Waals surface area contributed by atoms with Crippen molar-refractivity contribution in [1.82, 2.24) is 0 Å². The minimum atomic E-state index is -0.615. The summed E-state index contributed by atoms with van der Waals surface area (Å²) in [6.45, 7) is 14.3.